The highest BCUT2D eigenvalue weighted by Gasteiger charge is 2.05. The van der Waals surface area contributed by atoms with Crippen LogP contribution in [0, 0.1) is 5.82 Å². The highest BCUT2D eigenvalue weighted by atomic mass is 19.1. The Morgan fingerprint density at radius 3 is 2.29 bits per heavy atom. The number of halogens is 1. The molecule has 1 aromatic carbocycles. The summed E-state index contributed by atoms with van der Waals surface area (Å²) in [5.41, 5.74) is 1.02. The van der Waals surface area contributed by atoms with Crippen LogP contribution in [-0.4, -0.2) is 21.9 Å². The second-order valence-corrected chi connectivity index (χ2v) is 3.69. The third-order valence-electron chi connectivity index (χ3n) is 2.38. The van der Waals surface area contributed by atoms with Gasteiger partial charge in [-0.05, 0) is 24.1 Å². The standard InChI is InChI=1S/C12H13FN2O2/c13-10-4-1-9(2-5-10)3-6-11-14-15-12(17-11)7-8-16/h1-2,4-5,16H,3,6-8H2. The van der Waals surface area contributed by atoms with Crippen molar-refractivity contribution in [2.24, 2.45) is 0 Å². The van der Waals surface area contributed by atoms with Gasteiger partial charge in [-0.1, -0.05) is 12.1 Å². The summed E-state index contributed by atoms with van der Waals surface area (Å²) in [6.45, 7) is -0.000401. The number of nitrogens with zero attached hydrogens (tertiary/aromatic N) is 2. The molecule has 4 nitrogen and oxygen atoms in total. The van der Waals surface area contributed by atoms with Crippen LogP contribution >= 0.6 is 0 Å². The highest BCUT2D eigenvalue weighted by Crippen LogP contribution is 2.08. The van der Waals surface area contributed by atoms with E-state index in [1.54, 1.807) is 12.1 Å². The topological polar surface area (TPSA) is 59.2 Å². The lowest BCUT2D eigenvalue weighted by molar-refractivity contribution is 0.283. The van der Waals surface area contributed by atoms with Crippen molar-refractivity contribution in [1.29, 1.82) is 0 Å². The molecule has 0 fully saturated rings. The lowest BCUT2D eigenvalue weighted by atomic mass is 10.1. The lowest BCUT2D eigenvalue weighted by Crippen LogP contribution is -1.91. The summed E-state index contributed by atoms with van der Waals surface area (Å²) in [4.78, 5) is 0. The van der Waals surface area contributed by atoms with Crippen LogP contribution < -0.4 is 0 Å². The zero-order valence-electron chi connectivity index (χ0n) is 9.27. The molecule has 90 valence electrons. The van der Waals surface area contributed by atoms with Crippen molar-refractivity contribution in [3.63, 3.8) is 0 Å². The number of aryl methyl sites for hydroxylation is 2. The van der Waals surface area contributed by atoms with Crippen molar-refractivity contribution in [2.75, 3.05) is 6.61 Å². The van der Waals surface area contributed by atoms with Crippen LogP contribution in [0.5, 0.6) is 0 Å². The maximum Gasteiger partial charge on any atom is 0.218 e. The monoisotopic (exact) mass is 236 g/mol. The molecule has 0 spiro atoms. The van der Waals surface area contributed by atoms with Crippen LogP contribution in [0.25, 0.3) is 0 Å². The Morgan fingerprint density at radius 2 is 1.65 bits per heavy atom. The Hall–Kier alpha value is -1.75. The first-order valence-corrected chi connectivity index (χ1v) is 5.44. The Morgan fingerprint density at radius 1 is 1.00 bits per heavy atom. The Kier molecular flexibility index (Phi) is 3.82. The van der Waals surface area contributed by atoms with Gasteiger partial charge in [0.2, 0.25) is 11.8 Å². The van der Waals surface area contributed by atoms with Crippen molar-refractivity contribution >= 4 is 0 Å². The van der Waals surface area contributed by atoms with Gasteiger partial charge in [0.15, 0.2) is 0 Å². The predicted octanol–water partition coefficient (Wildman–Crippen LogP) is 1.53. The molecule has 0 amide bonds. The minimum Gasteiger partial charge on any atom is -0.425 e. The van der Waals surface area contributed by atoms with Gasteiger partial charge in [-0.15, -0.1) is 10.2 Å². The van der Waals surface area contributed by atoms with E-state index in [1.165, 1.54) is 12.1 Å². The van der Waals surface area contributed by atoms with Crippen LogP contribution in [-0.2, 0) is 19.3 Å². The maximum absolute atomic E-state index is 12.7. The van der Waals surface area contributed by atoms with Gasteiger partial charge in [0.25, 0.3) is 0 Å². The normalized spacial score (nSPS) is 10.7. The number of aliphatic hydroxyl groups is 1. The quantitative estimate of drug-likeness (QED) is 0.855. The van der Waals surface area contributed by atoms with Crippen LogP contribution in [0.15, 0.2) is 28.7 Å². The molecule has 0 bridgehead atoms. The summed E-state index contributed by atoms with van der Waals surface area (Å²) in [5.74, 6) is 0.746. The van der Waals surface area contributed by atoms with E-state index in [4.69, 9.17) is 9.52 Å². The summed E-state index contributed by atoms with van der Waals surface area (Å²) in [6.07, 6.45) is 1.72. The molecule has 0 saturated heterocycles. The highest BCUT2D eigenvalue weighted by molar-refractivity contribution is 5.16. The fourth-order valence-corrected chi connectivity index (χ4v) is 1.49. The van der Waals surface area contributed by atoms with Gasteiger partial charge in [-0.2, -0.15) is 0 Å². The first kappa shape index (κ1) is 11.7. The molecule has 0 aliphatic rings. The van der Waals surface area contributed by atoms with E-state index in [0.717, 1.165) is 12.0 Å². The second kappa shape index (κ2) is 5.54. The lowest BCUT2D eigenvalue weighted by Gasteiger charge is -1.97. The zero-order chi connectivity index (χ0) is 12.1. The third kappa shape index (κ3) is 3.35. The number of benzene rings is 1. The predicted molar refractivity (Wildman–Crippen MR) is 58.9 cm³/mol. The van der Waals surface area contributed by atoms with Gasteiger partial charge in [-0.25, -0.2) is 4.39 Å². The molecular formula is C12H13FN2O2. The van der Waals surface area contributed by atoms with Crippen molar-refractivity contribution < 1.29 is 13.9 Å². The first-order chi connectivity index (χ1) is 8.28. The van der Waals surface area contributed by atoms with Crippen LogP contribution in [0.3, 0.4) is 0 Å². The maximum atomic E-state index is 12.7. The van der Waals surface area contributed by atoms with Gasteiger partial charge in [0.1, 0.15) is 5.82 Å². The van der Waals surface area contributed by atoms with Gasteiger partial charge >= 0.3 is 0 Å². The molecule has 0 saturated carbocycles. The molecule has 0 unspecified atom stereocenters. The SMILES string of the molecule is OCCc1nnc(CCc2ccc(F)cc2)o1. The van der Waals surface area contributed by atoms with Gasteiger partial charge < -0.3 is 9.52 Å². The van der Waals surface area contributed by atoms with Crippen LogP contribution in [0.4, 0.5) is 4.39 Å². The summed E-state index contributed by atoms with van der Waals surface area (Å²) in [7, 11) is 0. The van der Waals surface area contributed by atoms with Crippen molar-refractivity contribution in [1.82, 2.24) is 10.2 Å². The molecule has 2 aromatic rings. The molecule has 0 radical (unpaired) electrons. The number of aromatic nitrogens is 2. The fraction of sp³-hybridized carbons (Fsp3) is 0.333. The average Bonchev–Trinajstić information content (AvgIpc) is 2.77. The first-order valence-electron chi connectivity index (χ1n) is 5.44. The molecule has 1 heterocycles. The van der Waals surface area contributed by atoms with Gasteiger partial charge in [0.05, 0.1) is 6.61 Å². The Labute approximate surface area is 98.1 Å². The van der Waals surface area contributed by atoms with E-state index in [0.29, 0.717) is 24.6 Å². The summed E-state index contributed by atoms with van der Waals surface area (Å²) in [6, 6.07) is 6.33. The van der Waals surface area contributed by atoms with Crippen LogP contribution in [0.1, 0.15) is 17.3 Å². The molecule has 0 aliphatic carbocycles. The van der Waals surface area contributed by atoms with Crippen molar-refractivity contribution in [2.45, 2.75) is 19.3 Å². The zero-order valence-corrected chi connectivity index (χ0v) is 9.27. The molecular weight excluding hydrogens is 223 g/mol. The molecule has 1 aromatic heterocycles. The van der Waals surface area contributed by atoms with Crippen LogP contribution in [0.2, 0.25) is 0 Å². The number of hydrogen-bond donors (Lipinski definition) is 1. The molecule has 5 heteroatoms. The third-order valence-corrected chi connectivity index (χ3v) is 2.38. The second-order valence-electron chi connectivity index (χ2n) is 3.69. The van der Waals surface area contributed by atoms with E-state index in [9.17, 15) is 4.39 Å². The van der Waals surface area contributed by atoms with E-state index in [2.05, 4.69) is 10.2 Å². The van der Waals surface area contributed by atoms with E-state index >= 15 is 0 Å². The molecule has 0 aliphatic heterocycles. The smallest absolute Gasteiger partial charge is 0.218 e. The van der Waals surface area contributed by atoms with Crippen molar-refractivity contribution in [3.8, 4) is 0 Å². The number of rotatable bonds is 5. The summed E-state index contributed by atoms with van der Waals surface area (Å²) < 4.78 is 18.0. The van der Waals surface area contributed by atoms with E-state index in [1.807, 2.05) is 0 Å². The minimum atomic E-state index is -0.239. The average molecular weight is 236 g/mol. The Balaban J connectivity index is 1.90. The van der Waals surface area contributed by atoms with Gasteiger partial charge in [0, 0.05) is 12.8 Å². The molecule has 17 heavy (non-hydrogen) atoms. The minimum absolute atomic E-state index is 0.000401. The number of hydrogen-bond acceptors (Lipinski definition) is 4. The molecule has 0 atom stereocenters. The molecule has 1 N–H and O–H groups in total. The van der Waals surface area contributed by atoms with E-state index in [-0.39, 0.29) is 12.4 Å². The Bertz CT molecular complexity index is 468. The summed E-state index contributed by atoms with van der Waals surface area (Å²) in [5, 5.41) is 16.4. The van der Waals surface area contributed by atoms with Crippen molar-refractivity contribution in [3.05, 3.63) is 47.4 Å². The molecule has 2 rings (SSSR count). The fourth-order valence-electron chi connectivity index (χ4n) is 1.49. The largest absolute Gasteiger partial charge is 0.425 e. The van der Waals surface area contributed by atoms with E-state index < -0.39 is 0 Å². The van der Waals surface area contributed by atoms with Gasteiger partial charge in [-0.3, -0.25) is 0 Å². The summed E-state index contributed by atoms with van der Waals surface area (Å²) >= 11 is 0. The number of aliphatic hydroxyl groups excluding tert-OH is 1.